The molecule has 2 atom stereocenters. The zero-order valence-corrected chi connectivity index (χ0v) is 6.18. The summed E-state index contributed by atoms with van der Waals surface area (Å²) in [6, 6.07) is 0.606. The Labute approximate surface area is 57.2 Å². The molecule has 0 aliphatic carbocycles. The van der Waals surface area contributed by atoms with Crippen molar-refractivity contribution in [1.29, 1.82) is 0 Å². The summed E-state index contributed by atoms with van der Waals surface area (Å²) in [6.07, 6.45) is 1.76. The molecular formula is C6H14BNO. The standard InChI is InChI=1S/C6H14BNO/c1-7-3-5(8-2)6-4-9-6/h5-8H,3-4H2,1-2H3. The van der Waals surface area contributed by atoms with Gasteiger partial charge in [-0.15, -0.1) is 0 Å². The van der Waals surface area contributed by atoms with Crippen LogP contribution in [0.5, 0.6) is 0 Å². The lowest BCUT2D eigenvalue weighted by molar-refractivity contribution is 0.361. The molecule has 0 aromatic heterocycles. The Kier molecular flexibility index (Phi) is 2.55. The molecule has 2 unspecified atom stereocenters. The van der Waals surface area contributed by atoms with Gasteiger partial charge in [0, 0.05) is 6.04 Å². The van der Waals surface area contributed by atoms with Gasteiger partial charge in [0.15, 0.2) is 0 Å². The largest absolute Gasteiger partial charge is 0.371 e. The van der Waals surface area contributed by atoms with Crippen LogP contribution < -0.4 is 5.32 Å². The van der Waals surface area contributed by atoms with E-state index in [9.17, 15) is 0 Å². The van der Waals surface area contributed by atoms with Gasteiger partial charge in [-0.25, -0.2) is 0 Å². The minimum atomic E-state index is 0.523. The Morgan fingerprint density at radius 3 is 2.89 bits per heavy atom. The van der Waals surface area contributed by atoms with Crippen molar-refractivity contribution in [1.82, 2.24) is 5.32 Å². The van der Waals surface area contributed by atoms with Crippen LogP contribution in [0.4, 0.5) is 0 Å². The van der Waals surface area contributed by atoms with Crippen molar-refractivity contribution >= 4 is 7.28 Å². The van der Waals surface area contributed by atoms with E-state index in [1.54, 1.807) is 0 Å². The van der Waals surface area contributed by atoms with Gasteiger partial charge in [-0.3, -0.25) is 0 Å². The van der Waals surface area contributed by atoms with Gasteiger partial charge in [0.1, 0.15) is 7.28 Å². The third-order valence-electron chi connectivity index (χ3n) is 1.78. The minimum absolute atomic E-state index is 0.523. The van der Waals surface area contributed by atoms with Gasteiger partial charge in [-0.05, 0) is 7.05 Å². The molecule has 1 aliphatic rings. The first-order chi connectivity index (χ1) is 4.38. The van der Waals surface area contributed by atoms with E-state index < -0.39 is 0 Å². The normalized spacial score (nSPS) is 27.6. The molecule has 52 valence electrons. The first-order valence-corrected chi connectivity index (χ1v) is 3.67. The summed E-state index contributed by atoms with van der Waals surface area (Å²) in [4.78, 5) is 0. The summed E-state index contributed by atoms with van der Waals surface area (Å²) in [5.74, 6) is 0. The van der Waals surface area contributed by atoms with E-state index in [1.165, 1.54) is 13.6 Å². The lowest BCUT2D eigenvalue weighted by Crippen LogP contribution is -2.31. The van der Waals surface area contributed by atoms with Crippen molar-refractivity contribution in [2.45, 2.75) is 25.3 Å². The topological polar surface area (TPSA) is 24.6 Å². The van der Waals surface area contributed by atoms with Crippen LogP contribution in [0, 0.1) is 0 Å². The Morgan fingerprint density at radius 1 is 1.89 bits per heavy atom. The van der Waals surface area contributed by atoms with E-state index in [2.05, 4.69) is 12.1 Å². The summed E-state index contributed by atoms with van der Waals surface area (Å²) in [5, 5.41) is 3.24. The molecule has 0 aromatic carbocycles. The molecule has 0 bridgehead atoms. The molecule has 1 rings (SSSR count). The maximum atomic E-state index is 5.15. The zero-order chi connectivity index (χ0) is 6.69. The number of ether oxygens (including phenoxy) is 1. The highest BCUT2D eigenvalue weighted by molar-refractivity contribution is 6.33. The van der Waals surface area contributed by atoms with Crippen LogP contribution in [0.25, 0.3) is 0 Å². The molecule has 0 amide bonds. The van der Waals surface area contributed by atoms with Crippen LogP contribution in [-0.4, -0.2) is 33.1 Å². The molecule has 0 spiro atoms. The molecule has 1 N–H and O–H groups in total. The second-order valence-corrected chi connectivity index (χ2v) is 2.56. The number of likely N-dealkylation sites (N-methyl/N-ethyl adjacent to an activating group) is 1. The van der Waals surface area contributed by atoms with Crippen LogP contribution in [0.3, 0.4) is 0 Å². The summed E-state index contributed by atoms with van der Waals surface area (Å²) >= 11 is 0. The highest BCUT2D eigenvalue weighted by Crippen LogP contribution is 2.15. The summed E-state index contributed by atoms with van der Waals surface area (Å²) in [7, 11) is 3.24. The smallest absolute Gasteiger partial charge is 0.119 e. The SMILES string of the molecule is CBCC(NC)C1CO1. The number of rotatable bonds is 4. The van der Waals surface area contributed by atoms with Gasteiger partial charge in [0.2, 0.25) is 0 Å². The molecule has 2 nitrogen and oxygen atoms in total. The molecular weight excluding hydrogens is 113 g/mol. The van der Waals surface area contributed by atoms with Gasteiger partial charge in [-0.2, -0.15) is 0 Å². The Hall–Kier alpha value is -0.0151. The molecule has 1 heterocycles. The number of nitrogens with one attached hydrogen (secondary N) is 1. The third-order valence-corrected chi connectivity index (χ3v) is 1.78. The highest BCUT2D eigenvalue weighted by Gasteiger charge is 2.30. The van der Waals surface area contributed by atoms with Crippen LogP contribution in [0.1, 0.15) is 0 Å². The van der Waals surface area contributed by atoms with Crippen molar-refractivity contribution < 1.29 is 4.74 Å². The first kappa shape index (κ1) is 7.10. The van der Waals surface area contributed by atoms with Crippen molar-refractivity contribution in [2.24, 2.45) is 0 Å². The Bertz CT molecular complexity index is 85.1. The molecule has 0 radical (unpaired) electrons. The van der Waals surface area contributed by atoms with Crippen molar-refractivity contribution in [3.63, 3.8) is 0 Å². The van der Waals surface area contributed by atoms with Gasteiger partial charge >= 0.3 is 0 Å². The number of hydrogen-bond acceptors (Lipinski definition) is 2. The maximum Gasteiger partial charge on any atom is 0.119 e. The zero-order valence-electron chi connectivity index (χ0n) is 6.18. The van der Waals surface area contributed by atoms with E-state index in [-0.39, 0.29) is 0 Å². The predicted molar refractivity (Wildman–Crippen MR) is 40.4 cm³/mol. The Morgan fingerprint density at radius 2 is 2.56 bits per heavy atom. The fourth-order valence-corrected chi connectivity index (χ4v) is 1.11. The molecule has 3 heteroatoms. The second-order valence-electron chi connectivity index (χ2n) is 2.56. The van der Waals surface area contributed by atoms with E-state index in [0.29, 0.717) is 12.1 Å². The van der Waals surface area contributed by atoms with Crippen molar-refractivity contribution in [3.05, 3.63) is 0 Å². The third kappa shape index (κ3) is 1.99. The van der Waals surface area contributed by atoms with Crippen molar-refractivity contribution in [3.8, 4) is 0 Å². The molecule has 1 fully saturated rings. The highest BCUT2D eigenvalue weighted by atomic mass is 16.6. The summed E-state index contributed by atoms with van der Waals surface area (Å²) < 4.78 is 5.15. The van der Waals surface area contributed by atoms with E-state index in [1.807, 2.05) is 7.05 Å². The fraction of sp³-hybridized carbons (Fsp3) is 1.00. The summed E-state index contributed by atoms with van der Waals surface area (Å²) in [6.45, 7) is 3.16. The average Bonchev–Trinajstić information content (AvgIpc) is 2.64. The molecule has 9 heavy (non-hydrogen) atoms. The van der Waals surface area contributed by atoms with Gasteiger partial charge in [-0.1, -0.05) is 13.1 Å². The second kappa shape index (κ2) is 3.23. The van der Waals surface area contributed by atoms with Crippen LogP contribution in [0.2, 0.25) is 13.1 Å². The molecule has 0 aromatic rings. The predicted octanol–water partition coefficient (Wildman–Crippen LogP) is -0.124. The van der Waals surface area contributed by atoms with E-state index >= 15 is 0 Å². The quantitative estimate of drug-likeness (QED) is 0.420. The minimum Gasteiger partial charge on any atom is -0.371 e. The van der Waals surface area contributed by atoms with Gasteiger partial charge in [0.05, 0.1) is 12.7 Å². The number of epoxide rings is 1. The molecule has 1 saturated heterocycles. The lowest BCUT2D eigenvalue weighted by atomic mass is 9.74. The molecule has 0 saturated carbocycles. The fourth-order valence-electron chi connectivity index (χ4n) is 1.11. The van der Waals surface area contributed by atoms with Crippen molar-refractivity contribution in [2.75, 3.05) is 13.7 Å². The average molecular weight is 127 g/mol. The van der Waals surface area contributed by atoms with Gasteiger partial charge in [0.25, 0.3) is 0 Å². The Balaban J connectivity index is 2.12. The van der Waals surface area contributed by atoms with E-state index in [0.717, 1.165) is 6.61 Å². The van der Waals surface area contributed by atoms with Crippen LogP contribution >= 0.6 is 0 Å². The monoisotopic (exact) mass is 127 g/mol. The van der Waals surface area contributed by atoms with E-state index in [4.69, 9.17) is 4.74 Å². The lowest BCUT2D eigenvalue weighted by Gasteiger charge is -2.09. The summed E-state index contributed by atoms with van der Waals surface area (Å²) in [5.41, 5.74) is 0. The maximum absolute atomic E-state index is 5.15. The first-order valence-electron chi connectivity index (χ1n) is 3.67. The van der Waals surface area contributed by atoms with Crippen LogP contribution in [-0.2, 0) is 4.74 Å². The molecule has 1 aliphatic heterocycles. The number of hydrogen-bond donors (Lipinski definition) is 1. The van der Waals surface area contributed by atoms with Gasteiger partial charge < -0.3 is 10.1 Å². The van der Waals surface area contributed by atoms with Crippen LogP contribution in [0.15, 0.2) is 0 Å².